The molecular formula is C15H26ClNO. The molecule has 0 aromatic heterocycles. The number of carbonyl (C=O) groups is 1. The molecule has 0 bridgehead atoms. The Morgan fingerprint density at radius 2 is 1.67 bits per heavy atom. The summed E-state index contributed by atoms with van der Waals surface area (Å²) in [6.07, 6.45) is 13.0. The highest BCUT2D eigenvalue weighted by Gasteiger charge is 2.34. The first-order chi connectivity index (χ1) is 8.74. The molecule has 18 heavy (non-hydrogen) atoms. The van der Waals surface area contributed by atoms with Gasteiger partial charge in [0.15, 0.2) is 0 Å². The van der Waals surface area contributed by atoms with Crippen LogP contribution in [-0.2, 0) is 4.79 Å². The summed E-state index contributed by atoms with van der Waals surface area (Å²) in [5, 5.41) is 3.24. The Bertz CT molecular complexity index is 266. The average molecular weight is 272 g/mol. The van der Waals surface area contributed by atoms with Crippen LogP contribution in [-0.4, -0.2) is 17.3 Å². The van der Waals surface area contributed by atoms with E-state index in [4.69, 9.17) is 11.6 Å². The fourth-order valence-electron chi connectivity index (χ4n) is 3.52. The zero-order valence-electron chi connectivity index (χ0n) is 11.3. The maximum absolute atomic E-state index is 12.2. The van der Waals surface area contributed by atoms with Crippen LogP contribution in [0.2, 0.25) is 0 Å². The van der Waals surface area contributed by atoms with E-state index in [9.17, 15) is 4.79 Å². The molecular weight excluding hydrogens is 246 g/mol. The maximum atomic E-state index is 12.2. The lowest BCUT2D eigenvalue weighted by Crippen LogP contribution is -2.48. The second-order valence-electron chi connectivity index (χ2n) is 6.23. The molecule has 2 rings (SSSR count). The lowest BCUT2D eigenvalue weighted by molar-refractivity contribution is -0.123. The summed E-state index contributed by atoms with van der Waals surface area (Å²) < 4.78 is 0. The molecule has 0 saturated heterocycles. The van der Waals surface area contributed by atoms with Crippen molar-refractivity contribution in [2.45, 2.75) is 76.2 Å². The number of alkyl halides is 1. The van der Waals surface area contributed by atoms with Crippen LogP contribution >= 0.6 is 11.6 Å². The van der Waals surface area contributed by atoms with Gasteiger partial charge < -0.3 is 5.32 Å². The standard InChI is InChI=1S/C15H26ClNO/c16-12-15(9-5-6-10-15)17-14(18)11-13-7-3-1-2-4-8-13/h13H,1-12H2,(H,17,18). The Hall–Kier alpha value is -0.240. The van der Waals surface area contributed by atoms with Gasteiger partial charge in [-0.3, -0.25) is 4.79 Å². The minimum absolute atomic E-state index is 0.0800. The van der Waals surface area contributed by atoms with Crippen LogP contribution in [0.1, 0.15) is 70.6 Å². The van der Waals surface area contributed by atoms with Gasteiger partial charge in [-0.2, -0.15) is 0 Å². The Kier molecular flexibility index (Phi) is 5.35. The lowest BCUT2D eigenvalue weighted by atomic mass is 9.94. The van der Waals surface area contributed by atoms with E-state index in [0.29, 0.717) is 11.8 Å². The number of halogens is 1. The Morgan fingerprint density at radius 3 is 2.22 bits per heavy atom. The average Bonchev–Trinajstić information content (AvgIpc) is 2.67. The summed E-state index contributed by atoms with van der Waals surface area (Å²) in [5.41, 5.74) is -0.0800. The summed E-state index contributed by atoms with van der Waals surface area (Å²) in [5.74, 6) is 1.43. The van der Waals surface area contributed by atoms with E-state index in [1.807, 2.05) is 0 Å². The third kappa shape index (κ3) is 3.88. The van der Waals surface area contributed by atoms with Gasteiger partial charge in [-0.05, 0) is 31.6 Å². The van der Waals surface area contributed by atoms with E-state index in [2.05, 4.69) is 5.32 Å². The maximum Gasteiger partial charge on any atom is 0.220 e. The first-order valence-electron chi connectivity index (χ1n) is 7.61. The zero-order valence-corrected chi connectivity index (χ0v) is 12.1. The molecule has 0 aromatic rings. The predicted octanol–water partition coefficient (Wildman–Crippen LogP) is 4.01. The van der Waals surface area contributed by atoms with Crippen LogP contribution in [0.25, 0.3) is 0 Å². The minimum Gasteiger partial charge on any atom is -0.349 e. The molecule has 3 heteroatoms. The fraction of sp³-hybridized carbons (Fsp3) is 0.933. The number of rotatable bonds is 4. The third-order valence-corrected chi connectivity index (χ3v) is 5.18. The van der Waals surface area contributed by atoms with Crippen molar-refractivity contribution in [3.8, 4) is 0 Å². The molecule has 104 valence electrons. The quantitative estimate of drug-likeness (QED) is 0.607. The summed E-state index contributed by atoms with van der Waals surface area (Å²) in [4.78, 5) is 12.2. The van der Waals surface area contributed by atoms with Gasteiger partial charge >= 0.3 is 0 Å². The van der Waals surface area contributed by atoms with Crippen molar-refractivity contribution in [3.05, 3.63) is 0 Å². The molecule has 0 aliphatic heterocycles. The zero-order chi connectivity index (χ0) is 12.8. The normalized spacial score (nSPS) is 24.7. The van der Waals surface area contributed by atoms with Crippen molar-refractivity contribution in [2.24, 2.45) is 5.92 Å². The van der Waals surface area contributed by atoms with Gasteiger partial charge in [-0.15, -0.1) is 11.6 Å². The molecule has 0 atom stereocenters. The predicted molar refractivity (Wildman–Crippen MR) is 75.9 cm³/mol. The SMILES string of the molecule is O=C(CC1CCCCCC1)NC1(CCl)CCCC1. The smallest absolute Gasteiger partial charge is 0.220 e. The molecule has 2 fully saturated rings. The van der Waals surface area contributed by atoms with Gasteiger partial charge in [-0.25, -0.2) is 0 Å². The molecule has 0 unspecified atom stereocenters. The number of amides is 1. The van der Waals surface area contributed by atoms with Crippen LogP contribution in [0, 0.1) is 5.92 Å². The van der Waals surface area contributed by atoms with Crippen molar-refractivity contribution in [1.82, 2.24) is 5.32 Å². The fourth-order valence-corrected chi connectivity index (χ4v) is 3.85. The van der Waals surface area contributed by atoms with Crippen LogP contribution in [0.5, 0.6) is 0 Å². The lowest BCUT2D eigenvalue weighted by Gasteiger charge is -2.28. The molecule has 0 heterocycles. The van der Waals surface area contributed by atoms with E-state index in [1.54, 1.807) is 0 Å². The van der Waals surface area contributed by atoms with Crippen LogP contribution in [0.15, 0.2) is 0 Å². The highest BCUT2D eigenvalue weighted by molar-refractivity contribution is 6.18. The molecule has 0 spiro atoms. The van der Waals surface area contributed by atoms with Gasteiger partial charge in [0.2, 0.25) is 5.91 Å². The third-order valence-electron chi connectivity index (χ3n) is 4.67. The van der Waals surface area contributed by atoms with Crippen molar-refractivity contribution in [3.63, 3.8) is 0 Å². The van der Waals surface area contributed by atoms with Crippen LogP contribution < -0.4 is 5.32 Å². The van der Waals surface area contributed by atoms with E-state index < -0.39 is 0 Å². The van der Waals surface area contributed by atoms with Crippen molar-refractivity contribution in [2.75, 3.05) is 5.88 Å². The number of hydrogen-bond donors (Lipinski definition) is 1. The summed E-state index contributed by atoms with van der Waals surface area (Å²) in [6.45, 7) is 0. The minimum atomic E-state index is -0.0800. The van der Waals surface area contributed by atoms with Gasteiger partial charge in [0.05, 0.1) is 5.54 Å². The van der Waals surface area contributed by atoms with Crippen molar-refractivity contribution in [1.29, 1.82) is 0 Å². The van der Waals surface area contributed by atoms with E-state index in [1.165, 1.54) is 51.4 Å². The first-order valence-corrected chi connectivity index (χ1v) is 8.14. The van der Waals surface area contributed by atoms with Gasteiger partial charge in [0, 0.05) is 12.3 Å². The highest BCUT2D eigenvalue weighted by atomic mass is 35.5. The second kappa shape index (κ2) is 6.79. The number of nitrogens with one attached hydrogen (secondary N) is 1. The monoisotopic (exact) mass is 271 g/mol. The van der Waals surface area contributed by atoms with Crippen LogP contribution in [0.4, 0.5) is 0 Å². The Balaban J connectivity index is 1.80. The molecule has 0 radical (unpaired) electrons. The molecule has 2 aliphatic rings. The van der Waals surface area contributed by atoms with Gasteiger partial charge in [0.1, 0.15) is 0 Å². The van der Waals surface area contributed by atoms with Gasteiger partial charge in [0.25, 0.3) is 0 Å². The van der Waals surface area contributed by atoms with Crippen molar-refractivity contribution < 1.29 is 4.79 Å². The first kappa shape index (κ1) is 14.2. The van der Waals surface area contributed by atoms with Crippen LogP contribution in [0.3, 0.4) is 0 Å². The molecule has 1 N–H and O–H groups in total. The summed E-state index contributed by atoms with van der Waals surface area (Å²) in [7, 11) is 0. The molecule has 0 aromatic carbocycles. The summed E-state index contributed by atoms with van der Waals surface area (Å²) in [6, 6.07) is 0. The van der Waals surface area contributed by atoms with Crippen molar-refractivity contribution >= 4 is 17.5 Å². The topological polar surface area (TPSA) is 29.1 Å². The molecule has 2 saturated carbocycles. The van der Waals surface area contributed by atoms with E-state index >= 15 is 0 Å². The molecule has 2 aliphatic carbocycles. The second-order valence-corrected chi connectivity index (χ2v) is 6.50. The van der Waals surface area contributed by atoms with Gasteiger partial charge in [-0.1, -0.05) is 38.5 Å². The number of carbonyl (C=O) groups excluding carboxylic acids is 1. The Morgan fingerprint density at radius 1 is 1.06 bits per heavy atom. The Labute approximate surface area is 116 Å². The van der Waals surface area contributed by atoms with E-state index in [0.717, 1.165) is 19.3 Å². The highest BCUT2D eigenvalue weighted by Crippen LogP contribution is 2.31. The van der Waals surface area contributed by atoms with E-state index in [-0.39, 0.29) is 11.4 Å². The molecule has 2 nitrogen and oxygen atoms in total. The molecule has 1 amide bonds. The largest absolute Gasteiger partial charge is 0.349 e. The number of hydrogen-bond acceptors (Lipinski definition) is 1. The summed E-state index contributed by atoms with van der Waals surface area (Å²) >= 11 is 6.06.